The number of hydrogen-bond donors (Lipinski definition) is 1. The number of nitrogens with one attached hydrogen (secondary N) is 1. The first kappa shape index (κ1) is 25.3. The molecule has 0 saturated carbocycles. The van der Waals surface area contributed by atoms with E-state index in [0.717, 1.165) is 41.7 Å². The van der Waals surface area contributed by atoms with Gasteiger partial charge in [0.05, 0.1) is 23.3 Å². The molecule has 1 amide bonds. The Labute approximate surface area is 210 Å². The Morgan fingerprint density at radius 2 is 1.78 bits per heavy atom. The third-order valence-corrected chi connectivity index (χ3v) is 6.35. The van der Waals surface area contributed by atoms with Crippen LogP contribution in [0, 0.1) is 0 Å². The first-order chi connectivity index (χ1) is 17.4. The maximum absolute atomic E-state index is 13.5. The maximum atomic E-state index is 13.5. The molecule has 36 heavy (non-hydrogen) atoms. The number of esters is 2. The lowest BCUT2D eigenvalue weighted by Crippen LogP contribution is -2.35. The highest BCUT2D eigenvalue weighted by Gasteiger charge is 2.29. The monoisotopic (exact) mass is 489 g/mol. The van der Waals surface area contributed by atoms with Crippen LogP contribution in [0.2, 0.25) is 0 Å². The summed E-state index contributed by atoms with van der Waals surface area (Å²) >= 11 is 0. The van der Waals surface area contributed by atoms with Gasteiger partial charge in [0.1, 0.15) is 0 Å². The molecule has 1 atom stereocenters. The lowest BCUT2D eigenvalue weighted by Gasteiger charge is -2.29. The minimum atomic E-state index is -0.976. The summed E-state index contributed by atoms with van der Waals surface area (Å²) in [4.78, 5) is 45.4. The van der Waals surface area contributed by atoms with E-state index in [2.05, 4.69) is 17.1 Å². The van der Waals surface area contributed by atoms with Crippen LogP contribution < -0.4 is 5.32 Å². The second-order valence-electron chi connectivity index (χ2n) is 8.64. The fourth-order valence-electron chi connectivity index (χ4n) is 4.39. The Balaban J connectivity index is 1.55. The Morgan fingerprint density at radius 3 is 2.47 bits per heavy atom. The number of amides is 1. The molecule has 0 radical (unpaired) electrons. The smallest absolute Gasteiger partial charge is 0.340 e. The van der Waals surface area contributed by atoms with Gasteiger partial charge < -0.3 is 14.8 Å². The average molecular weight is 490 g/mol. The van der Waals surface area contributed by atoms with E-state index in [0.29, 0.717) is 29.8 Å². The third kappa shape index (κ3) is 5.39. The van der Waals surface area contributed by atoms with Crippen molar-refractivity contribution in [2.24, 2.45) is 0 Å². The summed E-state index contributed by atoms with van der Waals surface area (Å²) < 4.78 is 10.8. The Bertz CT molecular complexity index is 1270. The van der Waals surface area contributed by atoms with Gasteiger partial charge in [-0.2, -0.15) is 0 Å². The van der Waals surface area contributed by atoms with Gasteiger partial charge in [-0.1, -0.05) is 32.0 Å². The Morgan fingerprint density at radius 1 is 1.03 bits per heavy atom. The largest absolute Gasteiger partial charge is 0.462 e. The van der Waals surface area contributed by atoms with Crippen LogP contribution in [0.4, 0.5) is 5.69 Å². The molecule has 0 saturated heterocycles. The van der Waals surface area contributed by atoms with Crippen LogP contribution in [0.3, 0.4) is 0 Å². The molecule has 1 N–H and O–H groups in total. The molecule has 4 rings (SSSR count). The molecule has 2 aromatic carbocycles. The van der Waals surface area contributed by atoms with Crippen LogP contribution in [0.1, 0.15) is 59.2 Å². The topological polar surface area (TPSA) is 97.8 Å². The van der Waals surface area contributed by atoms with Gasteiger partial charge in [0.25, 0.3) is 5.91 Å². The van der Waals surface area contributed by atoms with Crippen molar-refractivity contribution in [3.05, 3.63) is 70.9 Å². The number of likely N-dealkylation sites (N-methyl/N-ethyl adjacent to an activating group) is 1. The van der Waals surface area contributed by atoms with Crippen molar-refractivity contribution < 1.29 is 23.9 Å². The van der Waals surface area contributed by atoms with Crippen molar-refractivity contribution in [1.29, 1.82) is 0 Å². The number of para-hydroxylation sites is 1. The van der Waals surface area contributed by atoms with Crippen LogP contribution in [0.15, 0.2) is 48.5 Å². The van der Waals surface area contributed by atoms with Crippen LogP contribution in [0.25, 0.3) is 10.9 Å². The maximum Gasteiger partial charge on any atom is 0.340 e. The van der Waals surface area contributed by atoms with Crippen LogP contribution in [-0.2, 0) is 27.2 Å². The molecular formula is C28H31N3O5. The van der Waals surface area contributed by atoms with E-state index in [-0.39, 0.29) is 6.61 Å². The summed E-state index contributed by atoms with van der Waals surface area (Å²) in [5, 5.41) is 3.50. The van der Waals surface area contributed by atoms with E-state index in [4.69, 9.17) is 14.5 Å². The fourth-order valence-corrected chi connectivity index (χ4v) is 4.39. The highest BCUT2D eigenvalue weighted by atomic mass is 16.5. The van der Waals surface area contributed by atoms with Crippen LogP contribution >= 0.6 is 0 Å². The number of nitrogens with zero attached hydrogens (tertiary/aromatic N) is 2. The van der Waals surface area contributed by atoms with E-state index in [1.807, 2.05) is 24.3 Å². The lowest BCUT2D eigenvalue weighted by molar-refractivity contribution is -0.124. The van der Waals surface area contributed by atoms with Gasteiger partial charge in [-0.05, 0) is 50.2 Å². The standard InChI is InChI=1S/C28H31N3O5/c1-4-24(26(32)29-19-13-11-18(12-14-19)27(33)35-6-3)36-28(34)25-20-9-7-8-10-22(20)30-23-15-16-31(5-2)17-21(23)25/h7-14,24H,4-6,15-17H2,1-3H3,(H,29,32). The molecule has 8 heteroatoms. The van der Waals surface area contributed by atoms with E-state index in [9.17, 15) is 14.4 Å². The van der Waals surface area contributed by atoms with Crippen molar-refractivity contribution in [2.45, 2.75) is 46.3 Å². The molecule has 0 aliphatic carbocycles. The number of carbonyl (C=O) groups excluding carboxylic acids is 3. The number of aromatic nitrogens is 1. The fraction of sp³-hybridized carbons (Fsp3) is 0.357. The summed E-state index contributed by atoms with van der Waals surface area (Å²) in [5.74, 6) is -1.38. The summed E-state index contributed by atoms with van der Waals surface area (Å²) in [6.45, 7) is 8.28. The molecular weight excluding hydrogens is 458 g/mol. The number of fused-ring (bicyclic) bond motifs is 2. The number of anilines is 1. The number of carbonyl (C=O) groups is 3. The summed E-state index contributed by atoms with van der Waals surface area (Å²) in [6, 6.07) is 13.9. The number of pyridine rings is 1. The highest BCUT2D eigenvalue weighted by Crippen LogP contribution is 2.29. The van der Waals surface area contributed by atoms with E-state index in [1.165, 1.54) is 0 Å². The average Bonchev–Trinajstić information content (AvgIpc) is 2.90. The van der Waals surface area contributed by atoms with Crippen molar-refractivity contribution >= 4 is 34.4 Å². The van der Waals surface area contributed by atoms with Gasteiger partial charge >= 0.3 is 11.9 Å². The van der Waals surface area contributed by atoms with Crippen molar-refractivity contribution in [3.8, 4) is 0 Å². The lowest BCUT2D eigenvalue weighted by atomic mass is 9.95. The SMILES string of the molecule is CCOC(=O)c1ccc(NC(=O)C(CC)OC(=O)c2c3c(nc4ccccc24)CCN(CC)C3)cc1. The molecule has 3 aromatic rings. The Kier molecular flexibility index (Phi) is 7.95. The van der Waals surface area contributed by atoms with Crippen molar-refractivity contribution in [3.63, 3.8) is 0 Å². The van der Waals surface area contributed by atoms with Crippen LogP contribution in [0.5, 0.6) is 0 Å². The first-order valence-electron chi connectivity index (χ1n) is 12.4. The van der Waals surface area contributed by atoms with Gasteiger partial charge in [-0.15, -0.1) is 0 Å². The molecule has 1 unspecified atom stereocenters. The first-order valence-corrected chi connectivity index (χ1v) is 12.4. The number of benzene rings is 2. The van der Waals surface area contributed by atoms with Crippen molar-refractivity contribution in [2.75, 3.05) is 25.0 Å². The Hall–Kier alpha value is -3.78. The molecule has 188 valence electrons. The number of hydrogen-bond acceptors (Lipinski definition) is 7. The van der Waals surface area contributed by atoms with E-state index in [1.54, 1.807) is 38.1 Å². The molecule has 8 nitrogen and oxygen atoms in total. The van der Waals surface area contributed by atoms with Gasteiger partial charge in [0.2, 0.25) is 0 Å². The summed E-state index contributed by atoms with van der Waals surface area (Å²) in [5.41, 5.74) is 3.89. The zero-order chi connectivity index (χ0) is 25.7. The highest BCUT2D eigenvalue weighted by molar-refractivity contribution is 6.06. The van der Waals surface area contributed by atoms with Gasteiger partial charge in [-0.25, -0.2) is 9.59 Å². The minimum Gasteiger partial charge on any atom is -0.462 e. The zero-order valence-electron chi connectivity index (χ0n) is 20.9. The van der Waals surface area contributed by atoms with Crippen molar-refractivity contribution in [1.82, 2.24) is 9.88 Å². The molecule has 0 fully saturated rings. The van der Waals surface area contributed by atoms with Crippen LogP contribution in [-0.4, -0.2) is 53.5 Å². The zero-order valence-corrected chi connectivity index (χ0v) is 20.9. The van der Waals surface area contributed by atoms with Gasteiger partial charge in [0.15, 0.2) is 6.10 Å². The predicted octanol–water partition coefficient (Wildman–Crippen LogP) is 4.36. The quantitative estimate of drug-likeness (QED) is 0.470. The number of rotatable bonds is 8. The normalized spacial score (nSPS) is 14.1. The molecule has 0 spiro atoms. The molecule has 0 bridgehead atoms. The second-order valence-corrected chi connectivity index (χ2v) is 8.64. The molecule has 1 aromatic heterocycles. The molecule has 1 aliphatic heterocycles. The second kappa shape index (κ2) is 11.3. The third-order valence-electron chi connectivity index (χ3n) is 6.35. The minimum absolute atomic E-state index is 0.285. The predicted molar refractivity (Wildman–Crippen MR) is 137 cm³/mol. The van der Waals surface area contributed by atoms with Gasteiger partial charge in [-0.3, -0.25) is 14.7 Å². The number of ether oxygens (including phenoxy) is 2. The molecule has 2 heterocycles. The summed E-state index contributed by atoms with van der Waals surface area (Å²) in [6.07, 6.45) is 0.0918. The van der Waals surface area contributed by atoms with E-state index >= 15 is 0 Å². The van der Waals surface area contributed by atoms with Gasteiger partial charge in [0, 0.05) is 41.8 Å². The van der Waals surface area contributed by atoms with E-state index < -0.39 is 23.9 Å². The summed E-state index contributed by atoms with van der Waals surface area (Å²) in [7, 11) is 0. The molecule has 1 aliphatic rings.